The standard InChI is InChI=1S/C37H42S2/c1-3-5-7-9-23-37(24-10-8-6-4-2)35-25-29(27-11-17-31(38)18-12-27)15-21-33(35)34-22-16-30(26-36(34)37)28-13-19-32(39)20-14-28/h11-22,25-26,38-39H,3-10,23-24H2,1-2H3. The summed E-state index contributed by atoms with van der Waals surface area (Å²) in [7, 11) is 0. The van der Waals surface area contributed by atoms with Crippen LogP contribution in [0, 0.1) is 0 Å². The Kier molecular flexibility index (Phi) is 9.25. The molecule has 0 bridgehead atoms. The van der Waals surface area contributed by atoms with Crippen molar-refractivity contribution >= 4 is 25.3 Å². The summed E-state index contributed by atoms with van der Waals surface area (Å²) in [6.07, 6.45) is 12.8. The molecule has 202 valence electrons. The van der Waals surface area contributed by atoms with Crippen LogP contribution in [0.2, 0.25) is 0 Å². The summed E-state index contributed by atoms with van der Waals surface area (Å²) in [6, 6.07) is 31.7. The quantitative estimate of drug-likeness (QED) is 0.127. The van der Waals surface area contributed by atoms with Crippen LogP contribution < -0.4 is 0 Å². The van der Waals surface area contributed by atoms with Crippen molar-refractivity contribution in [2.24, 2.45) is 0 Å². The number of hydrogen-bond donors (Lipinski definition) is 2. The zero-order valence-electron chi connectivity index (χ0n) is 23.5. The molecule has 0 nitrogen and oxygen atoms in total. The summed E-state index contributed by atoms with van der Waals surface area (Å²) in [6.45, 7) is 4.62. The molecule has 0 amide bonds. The summed E-state index contributed by atoms with van der Waals surface area (Å²) in [5.74, 6) is 0. The molecule has 0 saturated heterocycles. The third-order valence-corrected chi connectivity index (χ3v) is 9.27. The van der Waals surface area contributed by atoms with Crippen LogP contribution in [0.4, 0.5) is 0 Å². The Labute approximate surface area is 247 Å². The summed E-state index contributed by atoms with van der Waals surface area (Å²) in [5, 5.41) is 0. The van der Waals surface area contributed by atoms with E-state index in [0.717, 1.165) is 9.79 Å². The van der Waals surface area contributed by atoms with Crippen LogP contribution in [-0.2, 0) is 5.41 Å². The Morgan fingerprint density at radius 1 is 0.462 bits per heavy atom. The van der Waals surface area contributed by atoms with E-state index < -0.39 is 0 Å². The van der Waals surface area contributed by atoms with Crippen molar-refractivity contribution in [1.82, 2.24) is 0 Å². The molecule has 0 saturated carbocycles. The molecular formula is C37H42S2. The third kappa shape index (κ3) is 6.03. The van der Waals surface area contributed by atoms with Crippen molar-refractivity contribution in [1.29, 1.82) is 0 Å². The predicted molar refractivity (Wildman–Crippen MR) is 176 cm³/mol. The maximum absolute atomic E-state index is 4.52. The predicted octanol–water partition coefficient (Wildman–Crippen LogP) is 11.8. The van der Waals surface area contributed by atoms with E-state index in [2.05, 4.69) is 124 Å². The van der Waals surface area contributed by atoms with Gasteiger partial charge in [-0.2, -0.15) is 0 Å². The second-order valence-corrected chi connectivity index (χ2v) is 12.4. The Morgan fingerprint density at radius 3 is 1.23 bits per heavy atom. The van der Waals surface area contributed by atoms with Gasteiger partial charge in [0.2, 0.25) is 0 Å². The van der Waals surface area contributed by atoms with Gasteiger partial charge >= 0.3 is 0 Å². The molecule has 0 aliphatic heterocycles. The van der Waals surface area contributed by atoms with Crippen LogP contribution in [0.15, 0.2) is 94.7 Å². The Morgan fingerprint density at radius 2 is 0.846 bits per heavy atom. The zero-order chi connectivity index (χ0) is 27.2. The van der Waals surface area contributed by atoms with Gasteiger partial charge in [0.05, 0.1) is 0 Å². The van der Waals surface area contributed by atoms with Gasteiger partial charge in [0.1, 0.15) is 0 Å². The molecule has 2 heteroatoms. The molecule has 0 N–H and O–H groups in total. The maximum atomic E-state index is 4.52. The molecule has 1 aliphatic rings. The molecule has 0 radical (unpaired) electrons. The lowest BCUT2D eigenvalue weighted by Crippen LogP contribution is -2.25. The van der Waals surface area contributed by atoms with Crippen LogP contribution in [0.3, 0.4) is 0 Å². The van der Waals surface area contributed by atoms with Gasteiger partial charge in [-0.25, -0.2) is 0 Å². The second-order valence-electron chi connectivity index (χ2n) is 11.3. The molecule has 4 aromatic carbocycles. The molecule has 0 spiro atoms. The van der Waals surface area contributed by atoms with Crippen molar-refractivity contribution < 1.29 is 0 Å². The summed E-state index contributed by atoms with van der Waals surface area (Å²) in [5.41, 5.74) is 11.2. The maximum Gasteiger partial charge on any atom is 0.0215 e. The van der Waals surface area contributed by atoms with E-state index in [1.54, 1.807) is 11.1 Å². The highest BCUT2D eigenvalue weighted by Crippen LogP contribution is 2.55. The number of rotatable bonds is 12. The molecule has 0 unspecified atom stereocenters. The highest BCUT2D eigenvalue weighted by molar-refractivity contribution is 7.80. The van der Waals surface area contributed by atoms with Crippen LogP contribution in [0.25, 0.3) is 33.4 Å². The van der Waals surface area contributed by atoms with Crippen molar-refractivity contribution in [3.05, 3.63) is 96.1 Å². The Balaban J connectivity index is 1.64. The van der Waals surface area contributed by atoms with Crippen molar-refractivity contribution in [2.45, 2.75) is 93.3 Å². The molecule has 39 heavy (non-hydrogen) atoms. The van der Waals surface area contributed by atoms with Gasteiger partial charge < -0.3 is 0 Å². The Bertz CT molecular complexity index is 1270. The van der Waals surface area contributed by atoms with Gasteiger partial charge in [-0.3, -0.25) is 0 Å². The first-order valence-electron chi connectivity index (χ1n) is 14.9. The number of benzene rings is 4. The zero-order valence-corrected chi connectivity index (χ0v) is 25.3. The molecule has 4 aromatic rings. The fraction of sp³-hybridized carbons (Fsp3) is 0.351. The molecular weight excluding hydrogens is 509 g/mol. The van der Waals surface area contributed by atoms with Gasteiger partial charge in [0.25, 0.3) is 0 Å². The van der Waals surface area contributed by atoms with E-state index in [1.807, 2.05) is 0 Å². The largest absolute Gasteiger partial charge is 0.143 e. The van der Waals surface area contributed by atoms with Crippen molar-refractivity contribution in [3.8, 4) is 33.4 Å². The van der Waals surface area contributed by atoms with E-state index in [0.29, 0.717) is 0 Å². The first-order valence-corrected chi connectivity index (χ1v) is 15.8. The second kappa shape index (κ2) is 12.8. The average molecular weight is 551 g/mol. The highest BCUT2D eigenvalue weighted by atomic mass is 32.1. The lowest BCUT2D eigenvalue weighted by molar-refractivity contribution is 0.401. The minimum absolute atomic E-state index is 0.0607. The van der Waals surface area contributed by atoms with Crippen molar-refractivity contribution in [2.75, 3.05) is 0 Å². The molecule has 0 heterocycles. The fourth-order valence-electron chi connectivity index (χ4n) is 6.53. The van der Waals surface area contributed by atoms with Gasteiger partial charge in [0, 0.05) is 15.2 Å². The van der Waals surface area contributed by atoms with Crippen LogP contribution in [0.1, 0.15) is 89.2 Å². The van der Waals surface area contributed by atoms with E-state index in [-0.39, 0.29) is 5.41 Å². The van der Waals surface area contributed by atoms with E-state index in [1.165, 1.54) is 97.6 Å². The topological polar surface area (TPSA) is 0 Å². The van der Waals surface area contributed by atoms with Gasteiger partial charge in [-0.05, 0) is 93.7 Å². The van der Waals surface area contributed by atoms with Gasteiger partial charge in [-0.15, -0.1) is 25.3 Å². The lowest BCUT2D eigenvalue weighted by atomic mass is 9.70. The molecule has 5 rings (SSSR count). The normalized spacial score (nSPS) is 13.3. The van der Waals surface area contributed by atoms with E-state index in [4.69, 9.17) is 0 Å². The summed E-state index contributed by atoms with van der Waals surface area (Å²) < 4.78 is 0. The first-order chi connectivity index (χ1) is 19.1. The van der Waals surface area contributed by atoms with Crippen LogP contribution in [-0.4, -0.2) is 0 Å². The van der Waals surface area contributed by atoms with Crippen LogP contribution >= 0.6 is 25.3 Å². The average Bonchev–Trinajstić information content (AvgIpc) is 3.23. The van der Waals surface area contributed by atoms with Gasteiger partial charge in [0.15, 0.2) is 0 Å². The summed E-state index contributed by atoms with van der Waals surface area (Å²) >= 11 is 9.05. The summed E-state index contributed by atoms with van der Waals surface area (Å²) in [4.78, 5) is 2.01. The lowest BCUT2D eigenvalue weighted by Gasteiger charge is -2.33. The minimum Gasteiger partial charge on any atom is -0.143 e. The monoisotopic (exact) mass is 550 g/mol. The third-order valence-electron chi connectivity index (χ3n) is 8.68. The number of hydrogen-bond acceptors (Lipinski definition) is 2. The molecule has 0 fully saturated rings. The Hall–Kier alpha value is -2.42. The number of thiol groups is 2. The highest BCUT2D eigenvalue weighted by Gasteiger charge is 2.42. The number of fused-ring (bicyclic) bond motifs is 3. The SMILES string of the molecule is CCCCCCC1(CCCCCC)c2cc(-c3ccc(S)cc3)ccc2-c2ccc(-c3ccc(S)cc3)cc21. The fourth-order valence-corrected chi connectivity index (χ4v) is 6.83. The smallest absolute Gasteiger partial charge is 0.0215 e. The number of unbranched alkanes of at least 4 members (excludes halogenated alkanes) is 6. The molecule has 0 atom stereocenters. The van der Waals surface area contributed by atoms with Crippen molar-refractivity contribution in [3.63, 3.8) is 0 Å². The van der Waals surface area contributed by atoms with Crippen LogP contribution in [0.5, 0.6) is 0 Å². The van der Waals surface area contributed by atoms with E-state index >= 15 is 0 Å². The minimum atomic E-state index is 0.0607. The molecule has 0 aromatic heterocycles. The first kappa shape index (κ1) is 28.1. The van der Waals surface area contributed by atoms with Gasteiger partial charge in [-0.1, -0.05) is 114 Å². The molecule has 1 aliphatic carbocycles. The van der Waals surface area contributed by atoms with E-state index in [9.17, 15) is 0 Å².